The number of benzene rings is 1. The van der Waals surface area contributed by atoms with Gasteiger partial charge in [0.25, 0.3) is 0 Å². The van der Waals surface area contributed by atoms with Crippen LogP contribution in [0.25, 0.3) is 0 Å². The zero-order valence-electron chi connectivity index (χ0n) is 10.4. The first-order valence-electron chi connectivity index (χ1n) is 5.89. The maximum absolute atomic E-state index is 11.9. The van der Waals surface area contributed by atoms with E-state index in [0.717, 1.165) is 18.4 Å². The average molecular weight is 236 g/mol. The molecule has 0 saturated heterocycles. The second-order valence-corrected chi connectivity index (χ2v) is 4.23. The number of aryl methyl sites for hydroxylation is 1. The monoisotopic (exact) mass is 236 g/mol. The van der Waals surface area contributed by atoms with Crippen LogP contribution in [-0.2, 0) is 4.79 Å². The Morgan fingerprint density at radius 2 is 2.24 bits per heavy atom. The van der Waals surface area contributed by atoms with Gasteiger partial charge in [0, 0.05) is 6.54 Å². The van der Waals surface area contributed by atoms with Gasteiger partial charge < -0.3 is 16.2 Å². The summed E-state index contributed by atoms with van der Waals surface area (Å²) in [5.41, 5.74) is 6.99. The minimum Gasteiger partial charge on any atom is -0.506 e. The van der Waals surface area contributed by atoms with Crippen LogP contribution >= 0.6 is 0 Å². The predicted molar refractivity (Wildman–Crippen MR) is 68.9 cm³/mol. The summed E-state index contributed by atoms with van der Waals surface area (Å²) in [5, 5.41) is 12.3. The Morgan fingerprint density at radius 1 is 1.53 bits per heavy atom. The number of hydrogen-bond donors (Lipinski definition) is 3. The zero-order chi connectivity index (χ0) is 12.8. The van der Waals surface area contributed by atoms with Gasteiger partial charge in [-0.2, -0.15) is 0 Å². The summed E-state index contributed by atoms with van der Waals surface area (Å²) in [7, 11) is 0. The van der Waals surface area contributed by atoms with Gasteiger partial charge in [0.2, 0.25) is 5.91 Å². The Balaban J connectivity index is 2.76. The molecule has 1 unspecified atom stereocenters. The quantitative estimate of drug-likeness (QED) is 0.684. The zero-order valence-corrected chi connectivity index (χ0v) is 10.4. The van der Waals surface area contributed by atoms with Gasteiger partial charge in [-0.3, -0.25) is 4.79 Å². The van der Waals surface area contributed by atoms with Crippen LogP contribution in [0.3, 0.4) is 0 Å². The van der Waals surface area contributed by atoms with E-state index in [2.05, 4.69) is 5.32 Å². The van der Waals surface area contributed by atoms with Crippen molar-refractivity contribution in [2.24, 2.45) is 11.7 Å². The largest absolute Gasteiger partial charge is 0.506 e. The smallest absolute Gasteiger partial charge is 0.228 e. The number of nitrogens with two attached hydrogens (primary N) is 1. The summed E-state index contributed by atoms with van der Waals surface area (Å²) in [5.74, 6) is -0.244. The van der Waals surface area contributed by atoms with Crippen LogP contribution < -0.4 is 11.1 Å². The highest BCUT2D eigenvalue weighted by Crippen LogP contribution is 2.24. The molecular formula is C13H20N2O2. The summed E-state index contributed by atoms with van der Waals surface area (Å²) < 4.78 is 0. The number of phenolic OH excluding ortho intramolecular Hbond substituents is 1. The number of anilines is 1. The Labute approximate surface area is 102 Å². The van der Waals surface area contributed by atoms with Crippen molar-refractivity contribution < 1.29 is 9.90 Å². The lowest BCUT2D eigenvalue weighted by molar-refractivity contribution is -0.119. The second-order valence-electron chi connectivity index (χ2n) is 4.23. The topological polar surface area (TPSA) is 75.4 Å². The number of carbonyl (C=O) groups is 1. The van der Waals surface area contributed by atoms with E-state index in [1.54, 1.807) is 18.2 Å². The third-order valence-corrected chi connectivity index (χ3v) is 2.70. The van der Waals surface area contributed by atoms with Crippen molar-refractivity contribution in [1.82, 2.24) is 0 Å². The van der Waals surface area contributed by atoms with Gasteiger partial charge in [-0.25, -0.2) is 0 Å². The third kappa shape index (κ3) is 3.75. The van der Waals surface area contributed by atoms with Crippen LogP contribution in [0.15, 0.2) is 18.2 Å². The molecule has 0 aliphatic carbocycles. The van der Waals surface area contributed by atoms with Crippen molar-refractivity contribution in [2.45, 2.75) is 26.7 Å². The lowest BCUT2D eigenvalue weighted by Crippen LogP contribution is -2.29. The van der Waals surface area contributed by atoms with Crippen molar-refractivity contribution in [3.05, 3.63) is 23.8 Å². The molecule has 0 aliphatic heterocycles. The Kier molecular flexibility index (Phi) is 4.97. The fraction of sp³-hybridized carbons (Fsp3) is 0.462. The third-order valence-electron chi connectivity index (χ3n) is 2.70. The molecule has 0 heterocycles. The molecule has 4 N–H and O–H groups in total. The minimum absolute atomic E-state index is 0.0798. The van der Waals surface area contributed by atoms with Gasteiger partial charge in [0.05, 0.1) is 11.6 Å². The fourth-order valence-electron chi connectivity index (χ4n) is 1.69. The van der Waals surface area contributed by atoms with Crippen molar-refractivity contribution in [3.8, 4) is 5.75 Å². The summed E-state index contributed by atoms with van der Waals surface area (Å²) in [6, 6.07) is 5.10. The van der Waals surface area contributed by atoms with Gasteiger partial charge in [-0.05, 0) is 31.0 Å². The van der Waals surface area contributed by atoms with E-state index in [9.17, 15) is 9.90 Å². The van der Waals surface area contributed by atoms with Gasteiger partial charge in [0.15, 0.2) is 0 Å². The van der Waals surface area contributed by atoms with E-state index in [4.69, 9.17) is 5.73 Å². The van der Waals surface area contributed by atoms with Crippen molar-refractivity contribution >= 4 is 11.6 Å². The number of nitrogens with one attached hydrogen (secondary N) is 1. The molecule has 0 bridgehead atoms. The summed E-state index contributed by atoms with van der Waals surface area (Å²) in [6.07, 6.45) is 1.67. The summed E-state index contributed by atoms with van der Waals surface area (Å²) in [4.78, 5) is 11.9. The van der Waals surface area contributed by atoms with Crippen LogP contribution in [-0.4, -0.2) is 17.6 Å². The summed E-state index contributed by atoms with van der Waals surface area (Å²) >= 11 is 0. The van der Waals surface area contributed by atoms with Gasteiger partial charge >= 0.3 is 0 Å². The highest BCUT2D eigenvalue weighted by molar-refractivity contribution is 5.94. The molecule has 0 aliphatic rings. The SMILES string of the molecule is CCCC(CN)C(=O)Nc1cc(C)ccc1O. The minimum atomic E-state index is -0.195. The highest BCUT2D eigenvalue weighted by Gasteiger charge is 2.16. The fourth-order valence-corrected chi connectivity index (χ4v) is 1.69. The lowest BCUT2D eigenvalue weighted by atomic mass is 10.0. The molecule has 94 valence electrons. The molecular weight excluding hydrogens is 216 g/mol. The molecule has 1 aromatic carbocycles. The molecule has 0 aromatic heterocycles. The normalized spacial score (nSPS) is 12.2. The predicted octanol–water partition coefficient (Wildman–Crippen LogP) is 2.01. The maximum atomic E-state index is 11.9. The van der Waals surface area contributed by atoms with Crippen LogP contribution in [0.4, 0.5) is 5.69 Å². The number of amides is 1. The van der Waals surface area contributed by atoms with Gasteiger partial charge in [-0.1, -0.05) is 19.4 Å². The van der Waals surface area contributed by atoms with E-state index >= 15 is 0 Å². The van der Waals surface area contributed by atoms with E-state index in [0.29, 0.717) is 12.2 Å². The van der Waals surface area contributed by atoms with Crippen molar-refractivity contribution in [2.75, 3.05) is 11.9 Å². The van der Waals surface area contributed by atoms with Crippen LogP contribution in [0, 0.1) is 12.8 Å². The van der Waals surface area contributed by atoms with E-state index in [1.165, 1.54) is 0 Å². The number of rotatable bonds is 5. The van der Waals surface area contributed by atoms with E-state index in [1.807, 2.05) is 13.8 Å². The maximum Gasteiger partial charge on any atom is 0.228 e. The molecule has 1 amide bonds. The Bertz CT molecular complexity index is 391. The highest BCUT2D eigenvalue weighted by atomic mass is 16.3. The lowest BCUT2D eigenvalue weighted by Gasteiger charge is -2.14. The van der Waals surface area contributed by atoms with Crippen LogP contribution in [0.1, 0.15) is 25.3 Å². The molecule has 4 heteroatoms. The van der Waals surface area contributed by atoms with Crippen LogP contribution in [0.5, 0.6) is 5.75 Å². The molecule has 0 radical (unpaired) electrons. The number of hydrogen-bond acceptors (Lipinski definition) is 3. The molecule has 0 spiro atoms. The molecule has 0 fully saturated rings. The molecule has 1 atom stereocenters. The number of phenols is 1. The summed E-state index contributed by atoms with van der Waals surface area (Å²) in [6.45, 7) is 4.24. The Morgan fingerprint density at radius 3 is 2.82 bits per heavy atom. The molecule has 1 aromatic rings. The molecule has 0 saturated carbocycles. The number of aromatic hydroxyl groups is 1. The van der Waals surface area contributed by atoms with E-state index in [-0.39, 0.29) is 17.6 Å². The molecule has 17 heavy (non-hydrogen) atoms. The first-order valence-corrected chi connectivity index (χ1v) is 5.89. The van der Waals surface area contributed by atoms with E-state index < -0.39 is 0 Å². The van der Waals surface area contributed by atoms with Crippen molar-refractivity contribution in [3.63, 3.8) is 0 Å². The first-order chi connectivity index (χ1) is 8.08. The molecule has 4 nitrogen and oxygen atoms in total. The van der Waals surface area contributed by atoms with Crippen LogP contribution in [0.2, 0.25) is 0 Å². The second kappa shape index (κ2) is 6.25. The standard InChI is InChI=1S/C13H20N2O2/c1-3-4-10(8-14)13(17)15-11-7-9(2)5-6-12(11)16/h5-7,10,16H,3-4,8,14H2,1-2H3,(H,15,17). The Hall–Kier alpha value is -1.55. The van der Waals surface area contributed by atoms with Gasteiger partial charge in [0.1, 0.15) is 5.75 Å². The van der Waals surface area contributed by atoms with Crippen molar-refractivity contribution in [1.29, 1.82) is 0 Å². The first kappa shape index (κ1) is 13.5. The number of carbonyl (C=O) groups excluding carboxylic acids is 1. The van der Waals surface area contributed by atoms with Gasteiger partial charge in [-0.15, -0.1) is 0 Å². The molecule has 1 rings (SSSR count). The average Bonchev–Trinajstić information content (AvgIpc) is 2.30.